The number of hydrogen-bond acceptors (Lipinski definition) is 5. The summed E-state index contributed by atoms with van der Waals surface area (Å²) >= 11 is 0. The van der Waals surface area contributed by atoms with Crippen molar-refractivity contribution in [1.82, 2.24) is 0 Å². The first-order valence-corrected chi connectivity index (χ1v) is 11.1. The van der Waals surface area contributed by atoms with Crippen LogP contribution < -0.4 is 0 Å². The van der Waals surface area contributed by atoms with E-state index >= 15 is 0 Å². The number of carbonyl (C=O) groups excluding carboxylic acids is 2. The maximum atomic E-state index is 11.8. The van der Waals surface area contributed by atoms with E-state index in [1.807, 2.05) is 0 Å². The molecule has 0 aliphatic heterocycles. The van der Waals surface area contributed by atoms with Crippen LogP contribution in [-0.2, 0) is 23.8 Å². The van der Waals surface area contributed by atoms with Crippen LogP contribution in [0.1, 0.15) is 79.1 Å². The molecule has 0 heterocycles. The summed E-state index contributed by atoms with van der Waals surface area (Å²) in [6.45, 7) is 15.1. The van der Waals surface area contributed by atoms with Gasteiger partial charge in [0.25, 0.3) is 0 Å². The lowest BCUT2D eigenvalue weighted by Crippen LogP contribution is -2.42. The van der Waals surface area contributed by atoms with Crippen LogP contribution in [0.5, 0.6) is 0 Å². The van der Waals surface area contributed by atoms with Crippen molar-refractivity contribution >= 4 is 11.9 Å². The Morgan fingerprint density at radius 1 is 0.759 bits per heavy atom. The summed E-state index contributed by atoms with van der Waals surface area (Å²) in [7, 11) is 0. The predicted molar refractivity (Wildman–Crippen MR) is 113 cm³/mol. The van der Waals surface area contributed by atoms with E-state index in [1.54, 1.807) is 13.8 Å². The molecule has 0 N–H and O–H groups in total. The molecule has 6 unspecified atom stereocenters. The van der Waals surface area contributed by atoms with Gasteiger partial charge in [0.05, 0.1) is 12.2 Å². The van der Waals surface area contributed by atoms with Crippen molar-refractivity contribution in [2.75, 3.05) is 0 Å². The van der Waals surface area contributed by atoms with Crippen LogP contribution in [0.2, 0.25) is 0 Å². The highest BCUT2D eigenvalue weighted by molar-refractivity contribution is 5.87. The number of hydrogen-bond donors (Lipinski definition) is 0. The highest BCUT2D eigenvalue weighted by Crippen LogP contribution is 2.37. The largest absolute Gasteiger partial charge is 0.459 e. The molecular formula is C24H38O5. The topological polar surface area (TPSA) is 61.8 Å². The zero-order valence-corrected chi connectivity index (χ0v) is 18.6. The Morgan fingerprint density at radius 2 is 1.14 bits per heavy atom. The van der Waals surface area contributed by atoms with Crippen molar-refractivity contribution < 1.29 is 23.8 Å². The maximum absolute atomic E-state index is 11.8. The standard InChI is InChI=1S/C24H38O5/c1-7-17-13-19(27-23(25)15(3)4)9-11-21(17)29-22-12-10-20(14-18(22)8-2)28-24(26)16(5)6/h17-22H,3,5,7-14H2,1-2,4,6H3. The molecule has 5 nitrogen and oxygen atoms in total. The molecule has 6 atom stereocenters. The molecular weight excluding hydrogens is 368 g/mol. The Balaban J connectivity index is 1.90. The van der Waals surface area contributed by atoms with Gasteiger partial charge in [-0.25, -0.2) is 9.59 Å². The summed E-state index contributed by atoms with van der Waals surface area (Å²) in [5, 5.41) is 0. The van der Waals surface area contributed by atoms with Gasteiger partial charge in [0.2, 0.25) is 0 Å². The Bertz CT molecular complexity index is 558. The molecule has 2 aliphatic carbocycles. The average Bonchev–Trinajstić information content (AvgIpc) is 2.69. The monoisotopic (exact) mass is 406 g/mol. The van der Waals surface area contributed by atoms with Gasteiger partial charge in [-0.1, -0.05) is 39.8 Å². The van der Waals surface area contributed by atoms with E-state index in [1.165, 1.54) is 0 Å². The summed E-state index contributed by atoms with van der Waals surface area (Å²) in [6, 6.07) is 0. The minimum absolute atomic E-state index is 0.0386. The van der Waals surface area contributed by atoms with E-state index in [9.17, 15) is 9.59 Å². The second-order valence-corrected chi connectivity index (χ2v) is 8.79. The van der Waals surface area contributed by atoms with E-state index in [-0.39, 0.29) is 36.4 Å². The molecule has 0 spiro atoms. The Kier molecular flexibility index (Phi) is 8.94. The van der Waals surface area contributed by atoms with Gasteiger partial charge in [0.1, 0.15) is 12.2 Å². The van der Waals surface area contributed by atoms with E-state index in [0.29, 0.717) is 23.0 Å². The first kappa shape index (κ1) is 23.7. The third kappa shape index (κ3) is 6.70. The van der Waals surface area contributed by atoms with Gasteiger partial charge < -0.3 is 14.2 Å². The summed E-state index contributed by atoms with van der Waals surface area (Å²) < 4.78 is 17.8. The van der Waals surface area contributed by atoms with Crippen LogP contribution in [0.3, 0.4) is 0 Å². The van der Waals surface area contributed by atoms with Crippen LogP contribution in [0.15, 0.2) is 24.3 Å². The summed E-state index contributed by atoms with van der Waals surface area (Å²) in [4.78, 5) is 23.7. The van der Waals surface area contributed by atoms with Crippen molar-refractivity contribution in [3.8, 4) is 0 Å². The van der Waals surface area contributed by atoms with Crippen LogP contribution in [-0.4, -0.2) is 36.4 Å². The lowest BCUT2D eigenvalue weighted by Gasteiger charge is -2.41. The molecule has 0 bridgehead atoms. The molecule has 0 aromatic carbocycles. The van der Waals surface area contributed by atoms with Gasteiger partial charge in [0, 0.05) is 11.1 Å². The van der Waals surface area contributed by atoms with Crippen molar-refractivity contribution in [3.05, 3.63) is 24.3 Å². The molecule has 5 heteroatoms. The fraction of sp³-hybridized carbons (Fsp3) is 0.750. The minimum atomic E-state index is -0.294. The van der Waals surface area contributed by atoms with E-state index < -0.39 is 0 Å². The molecule has 29 heavy (non-hydrogen) atoms. The first-order chi connectivity index (χ1) is 13.7. The SMILES string of the molecule is C=C(C)C(=O)OC1CCC(OC2CCC(OC(=O)C(=C)C)CC2CC)C(CC)C1. The maximum Gasteiger partial charge on any atom is 0.333 e. The Hall–Kier alpha value is -1.62. The molecule has 2 fully saturated rings. The fourth-order valence-corrected chi connectivity index (χ4v) is 4.55. The van der Waals surface area contributed by atoms with Crippen LogP contribution in [0.4, 0.5) is 0 Å². The molecule has 0 saturated heterocycles. The van der Waals surface area contributed by atoms with Gasteiger partial charge in [-0.05, 0) is 64.2 Å². The molecule has 0 aromatic rings. The van der Waals surface area contributed by atoms with E-state index in [0.717, 1.165) is 51.4 Å². The molecule has 2 saturated carbocycles. The summed E-state index contributed by atoms with van der Waals surface area (Å²) in [5.41, 5.74) is 0.901. The number of rotatable bonds is 8. The number of ether oxygens (including phenoxy) is 3. The van der Waals surface area contributed by atoms with Crippen LogP contribution >= 0.6 is 0 Å². The van der Waals surface area contributed by atoms with Gasteiger partial charge in [-0.3, -0.25) is 0 Å². The second kappa shape index (κ2) is 11.0. The predicted octanol–water partition coefficient (Wildman–Crippen LogP) is 5.14. The molecule has 0 radical (unpaired) electrons. The zero-order valence-electron chi connectivity index (χ0n) is 18.6. The van der Waals surface area contributed by atoms with Crippen molar-refractivity contribution in [2.24, 2.45) is 11.8 Å². The fourth-order valence-electron chi connectivity index (χ4n) is 4.55. The van der Waals surface area contributed by atoms with Crippen LogP contribution in [0, 0.1) is 11.8 Å². The highest BCUT2D eigenvalue weighted by atomic mass is 16.5. The van der Waals surface area contributed by atoms with E-state index in [4.69, 9.17) is 14.2 Å². The zero-order chi connectivity index (χ0) is 21.6. The van der Waals surface area contributed by atoms with Gasteiger partial charge in [-0.15, -0.1) is 0 Å². The van der Waals surface area contributed by atoms with E-state index in [2.05, 4.69) is 27.0 Å². The summed E-state index contributed by atoms with van der Waals surface area (Å²) in [5.74, 6) is 0.196. The third-order valence-electron chi connectivity index (χ3n) is 6.37. The smallest absolute Gasteiger partial charge is 0.333 e. The van der Waals surface area contributed by atoms with Gasteiger partial charge in [-0.2, -0.15) is 0 Å². The number of esters is 2. The van der Waals surface area contributed by atoms with Crippen molar-refractivity contribution in [2.45, 2.75) is 103 Å². The molecule has 0 aromatic heterocycles. The average molecular weight is 407 g/mol. The number of carbonyl (C=O) groups is 2. The summed E-state index contributed by atoms with van der Waals surface area (Å²) in [6.07, 6.45) is 7.54. The van der Waals surface area contributed by atoms with Crippen molar-refractivity contribution in [1.29, 1.82) is 0 Å². The minimum Gasteiger partial charge on any atom is -0.459 e. The quantitative estimate of drug-likeness (QED) is 0.413. The highest BCUT2D eigenvalue weighted by Gasteiger charge is 2.38. The molecule has 2 rings (SSSR count). The third-order valence-corrected chi connectivity index (χ3v) is 6.37. The lowest BCUT2D eigenvalue weighted by atomic mass is 9.80. The molecule has 0 amide bonds. The molecule has 2 aliphatic rings. The second-order valence-electron chi connectivity index (χ2n) is 8.79. The normalized spacial score (nSPS) is 32.3. The Labute approximate surface area is 175 Å². The molecule has 164 valence electrons. The van der Waals surface area contributed by atoms with Gasteiger partial charge >= 0.3 is 11.9 Å². The lowest BCUT2D eigenvalue weighted by molar-refractivity contribution is -0.159. The van der Waals surface area contributed by atoms with Crippen LogP contribution in [0.25, 0.3) is 0 Å². The Morgan fingerprint density at radius 3 is 1.45 bits per heavy atom. The van der Waals surface area contributed by atoms with Crippen molar-refractivity contribution in [3.63, 3.8) is 0 Å². The first-order valence-electron chi connectivity index (χ1n) is 11.1. The van der Waals surface area contributed by atoms with Gasteiger partial charge in [0.15, 0.2) is 0 Å².